The second-order valence-corrected chi connectivity index (χ2v) is 8.68. The van der Waals surface area contributed by atoms with Gasteiger partial charge in [0.05, 0.1) is 17.5 Å². The Hall–Kier alpha value is -3.89. The lowest BCUT2D eigenvalue weighted by atomic mass is 9.97. The first-order valence-corrected chi connectivity index (χ1v) is 11.4. The minimum absolute atomic E-state index is 0.102. The summed E-state index contributed by atoms with van der Waals surface area (Å²) < 4.78 is 34.5. The molecule has 0 spiro atoms. The summed E-state index contributed by atoms with van der Waals surface area (Å²) in [6, 6.07) is 16.5. The Bertz CT molecular complexity index is 1400. The number of benzene rings is 2. The number of carbonyl (C=O) groups excluding carboxylic acids is 2. The van der Waals surface area contributed by atoms with Crippen LogP contribution in [0.5, 0.6) is 0 Å². The molecule has 0 bridgehead atoms. The summed E-state index contributed by atoms with van der Waals surface area (Å²) in [7, 11) is 0. The van der Waals surface area contributed by atoms with Crippen LogP contribution in [-0.2, 0) is 14.2 Å². The van der Waals surface area contributed by atoms with Gasteiger partial charge in [-0.25, -0.2) is 28.9 Å². The van der Waals surface area contributed by atoms with Crippen molar-refractivity contribution in [1.29, 1.82) is 0 Å². The second kappa shape index (κ2) is 9.63. The van der Waals surface area contributed by atoms with Gasteiger partial charge in [0.25, 0.3) is 0 Å². The van der Waals surface area contributed by atoms with E-state index < -0.39 is 42.7 Å². The fourth-order valence-corrected chi connectivity index (χ4v) is 4.27. The topological polar surface area (TPSA) is 105 Å². The van der Waals surface area contributed by atoms with Crippen LogP contribution in [0.25, 0.3) is 11.2 Å². The quantitative estimate of drug-likeness (QED) is 0.281. The average Bonchev–Trinajstić information content (AvgIpc) is 3.43. The Labute approximate surface area is 209 Å². The summed E-state index contributed by atoms with van der Waals surface area (Å²) >= 11 is 6.13. The molecule has 0 amide bonds. The Morgan fingerprint density at radius 2 is 1.67 bits per heavy atom. The van der Waals surface area contributed by atoms with E-state index in [0.29, 0.717) is 5.56 Å². The van der Waals surface area contributed by atoms with Crippen LogP contribution < -0.4 is 0 Å². The van der Waals surface area contributed by atoms with Gasteiger partial charge in [-0.3, -0.25) is 4.57 Å². The van der Waals surface area contributed by atoms with Crippen molar-refractivity contribution in [2.75, 3.05) is 6.61 Å². The Kier molecular flexibility index (Phi) is 6.38. The van der Waals surface area contributed by atoms with Crippen LogP contribution in [-0.4, -0.2) is 55.9 Å². The van der Waals surface area contributed by atoms with Crippen molar-refractivity contribution in [3.63, 3.8) is 0 Å². The molecule has 5 rings (SSSR count). The second-order valence-electron chi connectivity index (χ2n) is 8.32. The lowest BCUT2D eigenvalue weighted by Crippen LogP contribution is -2.46. The number of halogens is 2. The van der Waals surface area contributed by atoms with E-state index in [9.17, 15) is 9.59 Å². The van der Waals surface area contributed by atoms with Crippen LogP contribution in [0.15, 0.2) is 73.3 Å². The first-order chi connectivity index (χ1) is 17.4. The maximum absolute atomic E-state index is 16.0. The van der Waals surface area contributed by atoms with Gasteiger partial charge in [0.2, 0.25) is 0 Å². The molecule has 2 aromatic carbocycles. The summed E-state index contributed by atoms with van der Waals surface area (Å²) in [6.45, 7) is 1.00. The van der Waals surface area contributed by atoms with Gasteiger partial charge >= 0.3 is 11.9 Å². The fraction of sp³-hybridized carbons (Fsp3) is 0.240. The third kappa shape index (κ3) is 4.29. The minimum atomic E-state index is -1.87. The molecule has 0 aliphatic carbocycles. The molecule has 0 saturated carbocycles. The number of ether oxygens (including phenoxy) is 3. The van der Waals surface area contributed by atoms with Gasteiger partial charge < -0.3 is 14.2 Å². The highest BCUT2D eigenvalue weighted by atomic mass is 35.5. The molecule has 0 N–H and O–H groups in total. The van der Waals surface area contributed by atoms with Crippen LogP contribution in [0.2, 0.25) is 5.15 Å². The smallest absolute Gasteiger partial charge is 0.338 e. The lowest BCUT2D eigenvalue weighted by molar-refractivity contribution is -0.0999. The summed E-state index contributed by atoms with van der Waals surface area (Å²) in [5.74, 6) is -1.38. The number of alkyl halides is 1. The van der Waals surface area contributed by atoms with Crippen LogP contribution >= 0.6 is 11.6 Å². The van der Waals surface area contributed by atoms with Crippen LogP contribution in [0.3, 0.4) is 0 Å². The van der Waals surface area contributed by atoms with Gasteiger partial charge in [-0.1, -0.05) is 48.0 Å². The molecule has 36 heavy (non-hydrogen) atoms. The highest BCUT2D eigenvalue weighted by Gasteiger charge is 2.59. The number of nitrogens with zero attached hydrogens (tertiary/aromatic N) is 4. The number of imidazole rings is 1. The van der Waals surface area contributed by atoms with Gasteiger partial charge in [0.1, 0.15) is 24.6 Å². The first-order valence-electron chi connectivity index (χ1n) is 11.0. The normalized spacial score (nSPS) is 23.5. The molecular formula is C25H20ClFN4O5. The zero-order chi connectivity index (χ0) is 25.3. The maximum atomic E-state index is 16.0. The lowest BCUT2D eigenvalue weighted by Gasteiger charge is -2.31. The molecule has 9 nitrogen and oxygen atoms in total. The zero-order valence-electron chi connectivity index (χ0n) is 19.0. The number of hydrogen-bond acceptors (Lipinski definition) is 8. The standard InChI is InChI=1S/C25H20ClFN4O5/c1-25(36-23(33)16-10-6-3-7-11-16)19(27)17(12-34-22(32)15-8-4-2-5-9-15)35-24(25)31-14-30-18-20(26)28-13-29-21(18)31/h2-11,13-14,17,19,24H,12H2,1H3/t17-,19-,24-,25-/m1/s1. The number of fused-ring (bicyclic) bond motifs is 1. The third-order valence-corrected chi connectivity index (χ3v) is 6.22. The van der Waals surface area contributed by atoms with Crippen LogP contribution in [0, 0.1) is 0 Å². The number of carbonyl (C=O) groups is 2. The highest BCUT2D eigenvalue weighted by Crippen LogP contribution is 2.44. The van der Waals surface area contributed by atoms with Crippen molar-refractivity contribution in [1.82, 2.24) is 19.5 Å². The Balaban J connectivity index is 1.46. The fourth-order valence-electron chi connectivity index (χ4n) is 4.09. The van der Waals surface area contributed by atoms with Crippen molar-refractivity contribution in [3.05, 3.63) is 89.6 Å². The summed E-state index contributed by atoms with van der Waals surface area (Å²) in [5, 5.41) is 0.102. The highest BCUT2D eigenvalue weighted by molar-refractivity contribution is 6.33. The molecule has 1 aliphatic rings. The Morgan fingerprint density at radius 1 is 1.03 bits per heavy atom. The van der Waals surface area contributed by atoms with Crippen LogP contribution in [0.4, 0.5) is 4.39 Å². The van der Waals surface area contributed by atoms with E-state index in [2.05, 4.69) is 15.0 Å². The molecule has 1 fully saturated rings. The van der Waals surface area contributed by atoms with Crippen LogP contribution in [0.1, 0.15) is 33.9 Å². The van der Waals surface area contributed by atoms with Gasteiger partial charge in [-0.15, -0.1) is 0 Å². The monoisotopic (exact) mass is 510 g/mol. The Morgan fingerprint density at radius 3 is 2.33 bits per heavy atom. The zero-order valence-corrected chi connectivity index (χ0v) is 19.7. The molecule has 1 saturated heterocycles. The van der Waals surface area contributed by atoms with Crippen molar-refractivity contribution in [2.45, 2.75) is 31.0 Å². The van der Waals surface area contributed by atoms with E-state index in [-0.39, 0.29) is 21.9 Å². The summed E-state index contributed by atoms with van der Waals surface area (Å²) in [5.41, 5.74) is -0.746. The number of aromatic nitrogens is 4. The van der Waals surface area contributed by atoms with Gasteiger partial charge in [0, 0.05) is 0 Å². The minimum Gasteiger partial charge on any atom is -0.459 e. The summed E-state index contributed by atoms with van der Waals surface area (Å²) in [6.07, 6.45) is -1.72. The van der Waals surface area contributed by atoms with E-state index in [1.54, 1.807) is 60.7 Å². The predicted octanol–water partition coefficient (Wildman–Crippen LogP) is 4.19. The third-order valence-electron chi connectivity index (χ3n) is 5.95. The molecular weight excluding hydrogens is 491 g/mol. The molecule has 4 atom stereocenters. The largest absolute Gasteiger partial charge is 0.459 e. The molecule has 0 radical (unpaired) electrons. The van der Waals surface area contributed by atoms with Crippen molar-refractivity contribution >= 4 is 34.7 Å². The molecule has 1 aliphatic heterocycles. The number of hydrogen-bond donors (Lipinski definition) is 0. The SMILES string of the molecule is C[C@@]1(OC(=O)c2ccccc2)[C@H](F)[C@@H](COC(=O)c2ccccc2)O[C@H]1n1cnc2c(Cl)ncnc21. The molecule has 184 valence electrons. The van der Waals surface area contributed by atoms with Crippen molar-refractivity contribution < 1.29 is 28.2 Å². The molecule has 11 heteroatoms. The molecule has 3 heterocycles. The average molecular weight is 511 g/mol. The van der Waals surface area contributed by atoms with E-state index in [1.807, 2.05) is 0 Å². The first kappa shape index (κ1) is 23.8. The number of rotatable bonds is 6. The molecule has 2 aromatic heterocycles. The van der Waals surface area contributed by atoms with Gasteiger partial charge in [0.15, 0.2) is 28.8 Å². The molecule has 4 aromatic rings. The summed E-state index contributed by atoms with van der Waals surface area (Å²) in [4.78, 5) is 37.7. The maximum Gasteiger partial charge on any atom is 0.338 e. The predicted molar refractivity (Wildman–Crippen MR) is 126 cm³/mol. The van der Waals surface area contributed by atoms with Crippen molar-refractivity contribution in [3.8, 4) is 0 Å². The molecule has 0 unspecified atom stereocenters. The van der Waals surface area contributed by atoms with E-state index in [4.69, 9.17) is 25.8 Å². The van der Waals surface area contributed by atoms with Gasteiger partial charge in [-0.05, 0) is 31.2 Å². The van der Waals surface area contributed by atoms with Gasteiger partial charge in [-0.2, -0.15) is 0 Å². The van der Waals surface area contributed by atoms with E-state index in [0.717, 1.165) is 0 Å². The van der Waals surface area contributed by atoms with E-state index in [1.165, 1.54) is 24.1 Å². The van der Waals surface area contributed by atoms with Crippen molar-refractivity contribution in [2.24, 2.45) is 0 Å². The number of esters is 2. The van der Waals surface area contributed by atoms with E-state index >= 15 is 4.39 Å².